The van der Waals surface area contributed by atoms with Crippen LogP contribution in [0.2, 0.25) is 20.1 Å². The maximum absolute atomic E-state index is 12.3. The summed E-state index contributed by atoms with van der Waals surface area (Å²) in [5.41, 5.74) is 1.23. The Hall–Kier alpha value is -1.30. The molecule has 3 nitrogen and oxygen atoms in total. The molecule has 0 fully saturated rings. The van der Waals surface area contributed by atoms with Crippen LogP contribution in [0.15, 0.2) is 42.6 Å². The van der Waals surface area contributed by atoms with Crippen LogP contribution in [0.25, 0.3) is 0 Å². The number of nitrogens with zero attached hydrogens (tertiary/aromatic N) is 1. The van der Waals surface area contributed by atoms with Crippen molar-refractivity contribution < 1.29 is 4.79 Å². The molecule has 1 heterocycles. The molecule has 2 aromatic carbocycles. The normalized spacial score (nSPS) is 10.7. The molecule has 1 amide bonds. The highest BCUT2D eigenvalue weighted by molar-refractivity contribution is 7.15. The van der Waals surface area contributed by atoms with Crippen LogP contribution < -0.4 is 5.32 Å². The molecule has 0 radical (unpaired) electrons. The molecule has 0 spiro atoms. The molecule has 1 aromatic heterocycles. The van der Waals surface area contributed by atoms with Gasteiger partial charge in [-0.3, -0.25) is 10.1 Å². The first-order chi connectivity index (χ1) is 11.9. The van der Waals surface area contributed by atoms with Crippen LogP contribution in [-0.2, 0) is 6.42 Å². The number of halogens is 4. The Morgan fingerprint density at radius 1 is 1.08 bits per heavy atom. The van der Waals surface area contributed by atoms with Crippen LogP contribution in [0, 0.1) is 0 Å². The van der Waals surface area contributed by atoms with Crippen LogP contribution in [0.5, 0.6) is 0 Å². The van der Waals surface area contributed by atoms with Gasteiger partial charge in [0.15, 0.2) is 5.13 Å². The topological polar surface area (TPSA) is 42.0 Å². The number of benzene rings is 2. The number of rotatable bonds is 4. The van der Waals surface area contributed by atoms with E-state index < -0.39 is 0 Å². The monoisotopic (exact) mass is 430 g/mol. The number of hydrogen-bond acceptors (Lipinski definition) is 3. The quantitative estimate of drug-likeness (QED) is 0.505. The first-order valence-corrected chi connectivity index (χ1v) is 9.41. The summed E-state index contributed by atoms with van der Waals surface area (Å²) in [5.74, 6) is -0.344. The first kappa shape index (κ1) is 18.5. The second-order valence-corrected chi connectivity index (χ2v) is 7.84. The van der Waals surface area contributed by atoms with Gasteiger partial charge in [0.05, 0.1) is 20.6 Å². The second-order valence-electron chi connectivity index (χ2n) is 5.10. The maximum Gasteiger partial charge on any atom is 0.258 e. The molecule has 0 aliphatic heterocycles. The van der Waals surface area contributed by atoms with Gasteiger partial charge in [-0.1, -0.05) is 58.5 Å². The minimum atomic E-state index is -0.344. The van der Waals surface area contributed by atoms with Crippen molar-refractivity contribution in [2.24, 2.45) is 0 Å². The molecule has 0 saturated heterocycles. The van der Waals surface area contributed by atoms with Crippen LogP contribution in [0.4, 0.5) is 5.13 Å². The number of amides is 1. The number of hydrogen-bond donors (Lipinski definition) is 1. The van der Waals surface area contributed by atoms with Gasteiger partial charge in [0, 0.05) is 22.5 Å². The highest BCUT2D eigenvalue weighted by Gasteiger charge is 2.14. The molecule has 0 aliphatic rings. The molecule has 3 aromatic rings. The van der Waals surface area contributed by atoms with E-state index in [9.17, 15) is 4.79 Å². The van der Waals surface area contributed by atoms with Gasteiger partial charge in [0.25, 0.3) is 5.91 Å². The van der Waals surface area contributed by atoms with Crippen molar-refractivity contribution in [3.8, 4) is 0 Å². The molecule has 0 unspecified atom stereocenters. The number of carbonyl (C=O) groups is 1. The van der Waals surface area contributed by atoms with Crippen LogP contribution in [0.3, 0.4) is 0 Å². The van der Waals surface area contributed by atoms with Crippen molar-refractivity contribution in [2.45, 2.75) is 6.42 Å². The van der Waals surface area contributed by atoms with Gasteiger partial charge in [0.1, 0.15) is 0 Å². The van der Waals surface area contributed by atoms with Crippen LogP contribution in [0.1, 0.15) is 20.8 Å². The summed E-state index contributed by atoms with van der Waals surface area (Å²) in [5, 5.41) is 5.00. The van der Waals surface area contributed by atoms with Crippen molar-refractivity contribution in [1.29, 1.82) is 0 Å². The van der Waals surface area contributed by atoms with E-state index in [0.717, 1.165) is 10.4 Å². The third-order valence-corrected chi connectivity index (χ3v) is 5.66. The summed E-state index contributed by atoms with van der Waals surface area (Å²) in [4.78, 5) is 17.5. The Morgan fingerprint density at radius 3 is 2.64 bits per heavy atom. The van der Waals surface area contributed by atoms with Crippen molar-refractivity contribution in [3.63, 3.8) is 0 Å². The average molecular weight is 432 g/mol. The number of carbonyl (C=O) groups excluding carboxylic acids is 1. The largest absolute Gasteiger partial charge is 0.298 e. The minimum absolute atomic E-state index is 0.285. The highest BCUT2D eigenvalue weighted by atomic mass is 35.5. The Morgan fingerprint density at radius 2 is 1.88 bits per heavy atom. The van der Waals surface area contributed by atoms with Gasteiger partial charge in [-0.15, -0.1) is 11.3 Å². The fourth-order valence-corrected chi connectivity index (χ4v) is 3.87. The van der Waals surface area contributed by atoms with E-state index in [1.807, 2.05) is 12.1 Å². The fourth-order valence-electron chi connectivity index (χ4n) is 2.16. The average Bonchev–Trinajstić information content (AvgIpc) is 2.98. The van der Waals surface area contributed by atoms with Gasteiger partial charge in [0.2, 0.25) is 0 Å². The zero-order valence-corrected chi connectivity index (χ0v) is 16.4. The Balaban J connectivity index is 1.73. The molecule has 128 valence electrons. The van der Waals surface area contributed by atoms with Crippen molar-refractivity contribution in [3.05, 3.63) is 78.7 Å². The van der Waals surface area contributed by atoms with E-state index in [2.05, 4.69) is 10.3 Å². The SMILES string of the molecule is O=C(Nc1ncc(Cc2cccc(Cl)c2Cl)s1)c1ccc(Cl)cc1Cl. The third kappa shape index (κ3) is 4.46. The van der Waals surface area contributed by atoms with E-state index in [4.69, 9.17) is 46.4 Å². The lowest BCUT2D eigenvalue weighted by molar-refractivity contribution is 0.102. The van der Waals surface area contributed by atoms with E-state index in [1.54, 1.807) is 24.4 Å². The zero-order valence-electron chi connectivity index (χ0n) is 12.5. The molecule has 0 aliphatic carbocycles. The summed E-state index contributed by atoms with van der Waals surface area (Å²) in [6, 6.07) is 10.2. The fraction of sp³-hybridized carbons (Fsp3) is 0.0588. The van der Waals surface area contributed by atoms with Gasteiger partial charge in [-0.05, 0) is 29.8 Å². The van der Waals surface area contributed by atoms with Gasteiger partial charge >= 0.3 is 0 Å². The zero-order chi connectivity index (χ0) is 18.0. The lowest BCUT2D eigenvalue weighted by Crippen LogP contribution is -2.12. The summed E-state index contributed by atoms with van der Waals surface area (Å²) >= 11 is 25.5. The van der Waals surface area contributed by atoms with E-state index in [0.29, 0.717) is 32.2 Å². The molecular weight excluding hydrogens is 422 g/mol. The summed E-state index contributed by atoms with van der Waals surface area (Å²) < 4.78 is 0. The summed E-state index contributed by atoms with van der Waals surface area (Å²) in [6.07, 6.45) is 2.27. The van der Waals surface area contributed by atoms with Crippen molar-refractivity contribution in [2.75, 3.05) is 5.32 Å². The smallest absolute Gasteiger partial charge is 0.258 e. The molecule has 0 saturated carbocycles. The molecule has 0 bridgehead atoms. The molecule has 8 heteroatoms. The Kier molecular flexibility index (Phi) is 5.87. The molecule has 0 atom stereocenters. The van der Waals surface area contributed by atoms with Crippen LogP contribution in [-0.4, -0.2) is 10.9 Å². The van der Waals surface area contributed by atoms with Crippen molar-refractivity contribution in [1.82, 2.24) is 4.98 Å². The predicted octanol–water partition coefficient (Wildman–Crippen LogP) is 6.60. The first-order valence-electron chi connectivity index (χ1n) is 7.08. The summed E-state index contributed by atoms with van der Waals surface area (Å²) in [7, 11) is 0. The minimum Gasteiger partial charge on any atom is -0.298 e. The Bertz CT molecular complexity index is 942. The lowest BCUT2D eigenvalue weighted by atomic mass is 10.1. The van der Waals surface area contributed by atoms with E-state index >= 15 is 0 Å². The lowest BCUT2D eigenvalue weighted by Gasteiger charge is -2.04. The maximum atomic E-state index is 12.3. The summed E-state index contributed by atoms with van der Waals surface area (Å²) in [6.45, 7) is 0. The predicted molar refractivity (Wildman–Crippen MR) is 106 cm³/mol. The second kappa shape index (κ2) is 7.94. The molecule has 25 heavy (non-hydrogen) atoms. The number of nitrogens with one attached hydrogen (secondary N) is 1. The Labute approximate surface area is 168 Å². The van der Waals surface area contributed by atoms with Crippen molar-refractivity contribution >= 4 is 68.8 Å². The number of aromatic nitrogens is 1. The number of anilines is 1. The van der Waals surface area contributed by atoms with E-state index in [-0.39, 0.29) is 10.9 Å². The van der Waals surface area contributed by atoms with Crippen LogP contribution >= 0.6 is 57.7 Å². The van der Waals surface area contributed by atoms with Gasteiger partial charge in [-0.2, -0.15) is 0 Å². The molecular formula is C17H10Cl4N2OS. The highest BCUT2D eigenvalue weighted by Crippen LogP contribution is 2.30. The number of thiazole rings is 1. The van der Waals surface area contributed by atoms with E-state index in [1.165, 1.54) is 17.4 Å². The van der Waals surface area contributed by atoms with Gasteiger partial charge < -0.3 is 0 Å². The molecule has 1 N–H and O–H groups in total. The standard InChI is InChI=1S/C17H10Cl4N2OS/c18-10-4-5-12(14(20)7-10)16(24)23-17-22-8-11(25-17)6-9-2-1-3-13(19)15(9)21/h1-5,7-8H,6H2,(H,22,23,24). The molecule has 3 rings (SSSR count). The van der Waals surface area contributed by atoms with Gasteiger partial charge in [-0.25, -0.2) is 4.98 Å². The third-order valence-electron chi connectivity index (χ3n) is 3.35.